The van der Waals surface area contributed by atoms with E-state index in [0.29, 0.717) is 11.1 Å². The number of hydrogen-bond acceptors (Lipinski definition) is 4. The SMILES string of the molecule is COC(=O)c1cc2occc2n1CC(=O)c1ccccc1F. The highest BCUT2D eigenvalue weighted by Gasteiger charge is 2.21. The molecule has 0 bridgehead atoms. The van der Waals surface area contributed by atoms with Crippen LogP contribution in [0.1, 0.15) is 20.8 Å². The van der Waals surface area contributed by atoms with E-state index in [1.807, 2.05) is 0 Å². The van der Waals surface area contributed by atoms with Crippen LogP contribution in [0.3, 0.4) is 0 Å². The maximum absolute atomic E-state index is 13.7. The molecule has 6 heteroatoms. The fraction of sp³-hybridized carbons (Fsp3) is 0.125. The Balaban J connectivity index is 2.03. The summed E-state index contributed by atoms with van der Waals surface area (Å²) >= 11 is 0. The smallest absolute Gasteiger partial charge is 0.354 e. The number of carbonyl (C=O) groups is 2. The van der Waals surface area contributed by atoms with E-state index in [1.54, 1.807) is 12.1 Å². The summed E-state index contributed by atoms with van der Waals surface area (Å²) in [6.45, 7) is -0.186. The fourth-order valence-corrected chi connectivity index (χ4v) is 2.34. The van der Waals surface area contributed by atoms with E-state index < -0.39 is 17.6 Å². The molecule has 0 saturated heterocycles. The summed E-state index contributed by atoms with van der Waals surface area (Å²) in [5, 5.41) is 0. The minimum Gasteiger partial charge on any atom is -0.464 e. The molecular formula is C16H12FNO4. The zero-order valence-corrected chi connectivity index (χ0v) is 11.7. The Hall–Kier alpha value is -2.89. The zero-order chi connectivity index (χ0) is 15.7. The average molecular weight is 301 g/mol. The summed E-state index contributed by atoms with van der Waals surface area (Å²) in [5.41, 5.74) is 1.19. The lowest BCUT2D eigenvalue weighted by Gasteiger charge is -2.08. The lowest BCUT2D eigenvalue weighted by atomic mass is 10.1. The van der Waals surface area contributed by atoms with Gasteiger partial charge in [-0.2, -0.15) is 0 Å². The van der Waals surface area contributed by atoms with Crippen molar-refractivity contribution >= 4 is 22.9 Å². The summed E-state index contributed by atoms with van der Waals surface area (Å²) in [4.78, 5) is 24.1. The second kappa shape index (κ2) is 5.48. The zero-order valence-electron chi connectivity index (χ0n) is 11.7. The van der Waals surface area contributed by atoms with Crippen molar-refractivity contribution in [3.63, 3.8) is 0 Å². The van der Waals surface area contributed by atoms with Gasteiger partial charge in [-0.25, -0.2) is 9.18 Å². The normalized spacial score (nSPS) is 10.8. The van der Waals surface area contributed by atoms with Crippen molar-refractivity contribution in [2.24, 2.45) is 0 Å². The van der Waals surface area contributed by atoms with Crippen molar-refractivity contribution < 1.29 is 23.1 Å². The summed E-state index contributed by atoms with van der Waals surface area (Å²) in [6.07, 6.45) is 1.45. The van der Waals surface area contributed by atoms with Gasteiger partial charge in [-0.3, -0.25) is 4.79 Å². The summed E-state index contributed by atoms with van der Waals surface area (Å²) in [7, 11) is 1.25. The number of furan rings is 1. The predicted octanol–water partition coefficient (Wildman–Crippen LogP) is 3.04. The topological polar surface area (TPSA) is 61.4 Å². The van der Waals surface area contributed by atoms with Gasteiger partial charge in [0, 0.05) is 12.1 Å². The molecule has 0 radical (unpaired) electrons. The summed E-state index contributed by atoms with van der Waals surface area (Å²) < 4.78 is 25.1. The van der Waals surface area contributed by atoms with Crippen LogP contribution in [0.15, 0.2) is 47.1 Å². The second-order valence-corrected chi connectivity index (χ2v) is 4.68. The van der Waals surface area contributed by atoms with Crippen LogP contribution in [-0.4, -0.2) is 23.4 Å². The summed E-state index contributed by atoms with van der Waals surface area (Å²) in [6, 6.07) is 8.85. The molecule has 0 aliphatic rings. The molecule has 0 atom stereocenters. The number of benzene rings is 1. The van der Waals surface area contributed by atoms with Gasteiger partial charge in [0.25, 0.3) is 0 Å². The quantitative estimate of drug-likeness (QED) is 0.549. The predicted molar refractivity (Wildman–Crippen MR) is 76.3 cm³/mol. The van der Waals surface area contributed by atoms with Gasteiger partial charge >= 0.3 is 5.97 Å². The molecular weight excluding hydrogens is 289 g/mol. The third-order valence-electron chi connectivity index (χ3n) is 3.39. The van der Waals surface area contributed by atoms with Gasteiger partial charge < -0.3 is 13.7 Å². The van der Waals surface area contributed by atoms with Gasteiger partial charge in [0.1, 0.15) is 11.5 Å². The first-order chi connectivity index (χ1) is 10.6. The molecule has 22 heavy (non-hydrogen) atoms. The first-order valence-electron chi connectivity index (χ1n) is 6.54. The van der Waals surface area contributed by atoms with Gasteiger partial charge in [0.15, 0.2) is 11.4 Å². The van der Waals surface area contributed by atoms with Crippen LogP contribution in [0.5, 0.6) is 0 Å². The monoisotopic (exact) mass is 301 g/mol. The van der Waals surface area contributed by atoms with E-state index in [0.717, 1.165) is 0 Å². The van der Waals surface area contributed by atoms with E-state index in [1.165, 1.54) is 42.2 Å². The molecule has 1 aromatic carbocycles. The second-order valence-electron chi connectivity index (χ2n) is 4.68. The maximum atomic E-state index is 13.7. The Morgan fingerprint density at radius 3 is 2.77 bits per heavy atom. The van der Waals surface area contributed by atoms with Gasteiger partial charge in [-0.05, 0) is 12.1 Å². The number of carbonyl (C=O) groups excluding carboxylic acids is 2. The lowest BCUT2D eigenvalue weighted by molar-refractivity contribution is 0.0589. The number of methoxy groups -OCH3 is 1. The van der Waals surface area contributed by atoms with Gasteiger partial charge in [0.05, 0.1) is 31.0 Å². The number of ketones is 1. The molecule has 0 unspecified atom stereocenters. The Kier molecular flexibility index (Phi) is 3.50. The minimum atomic E-state index is -0.595. The van der Waals surface area contributed by atoms with E-state index in [2.05, 4.69) is 0 Å². The van der Waals surface area contributed by atoms with Crippen molar-refractivity contribution in [1.29, 1.82) is 0 Å². The van der Waals surface area contributed by atoms with Crippen molar-refractivity contribution in [1.82, 2.24) is 4.57 Å². The Morgan fingerprint density at radius 2 is 2.05 bits per heavy atom. The molecule has 0 aliphatic heterocycles. The molecule has 0 fully saturated rings. The number of nitrogens with zero attached hydrogens (tertiary/aromatic N) is 1. The Labute approximate surface area is 124 Å². The highest BCUT2D eigenvalue weighted by Crippen LogP contribution is 2.22. The number of halogens is 1. The van der Waals surface area contributed by atoms with Crippen LogP contribution in [0.4, 0.5) is 4.39 Å². The Bertz CT molecular complexity index is 862. The number of Topliss-reactive ketones (excluding diaryl/α,β-unsaturated/α-hetero) is 1. The Morgan fingerprint density at radius 1 is 1.27 bits per heavy atom. The standard InChI is InChI=1S/C16H12FNO4/c1-21-16(20)13-8-15-12(6-7-22-15)18(13)9-14(19)10-4-2-3-5-11(10)17/h2-8H,9H2,1H3. The molecule has 0 amide bonds. The lowest BCUT2D eigenvalue weighted by Crippen LogP contribution is -2.17. The molecule has 5 nitrogen and oxygen atoms in total. The molecule has 0 N–H and O–H groups in total. The number of rotatable bonds is 4. The van der Waals surface area contributed by atoms with Gasteiger partial charge in [-0.15, -0.1) is 0 Å². The van der Waals surface area contributed by atoms with Gasteiger partial charge in [0.2, 0.25) is 0 Å². The van der Waals surface area contributed by atoms with E-state index >= 15 is 0 Å². The van der Waals surface area contributed by atoms with Crippen molar-refractivity contribution in [3.8, 4) is 0 Å². The van der Waals surface area contributed by atoms with E-state index in [-0.39, 0.29) is 17.8 Å². The average Bonchev–Trinajstić information content (AvgIpc) is 3.09. The van der Waals surface area contributed by atoms with Crippen LogP contribution in [0, 0.1) is 5.82 Å². The van der Waals surface area contributed by atoms with E-state index in [4.69, 9.17) is 9.15 Å². The molecule has 0 saturated carbocycles. The molecule has 0 spiro atoms. The first kappa shape index (κ1) is 14.1. The molecule has 3 aromatic rings. The number of esters is 1. The van der Waals surface area contributed by atoms with Crippen LogP contribution in [-0.2, 0) is 11.3 Å². The highest BCUT2D eigenvalue weighted by atomic mass is 19.1. The van der Waals surface area contributed by atoms with Crippen LogP contribution in [0.25, 0.3) is 11.1 Å². The van der Waals surface area contributed by atoms with Crippen LogP contribution >= 0.6 is 0 Å². The number of hydrogen-bond donors (Lipinski definition) is 0. The van der Waals surface area contributed by atoms with Crippen molar-refractivity contribution in [3.05, 3.63) is 59.7 Å². The van der Waals surface area contributed by atoms with Crippen LogP contribution in [0.2, 0.25) is 0 Å². The summed E-state index contributed by atoms with van der Waals surface area (Å²) in [5.74, 6) is -1.63. The largest absolute Gasteiger partial charge is 0.464 e. The van der Waals surface area contributed by atoms with Crippen molar-refractivity contribution in [2.75, 3.05) is 7.11 Å². The molecule has 3 rings (SSSR count). The van der Waals surface area contributed by atoms with Crippen LogP contribution < -0.4 is 0 Å². The molecule has 112 valence electrons. The number of fused-ring (bicyclic) bond motifs is 1. The first-order valence-corrected chi connectivity index (χ1v) is 6.54. The highest BCUT2D eigenvalue weighted by molar-refractivity contribution is 5.99. The third-order valence-corrected chi connectivity index (χ3v) is 3.39. The van der Waals surface area contributed by atoms with E-state index in [9.17, 15) is 14.0 Å². The molecule has 2 aromatic heterocycles. The molecule has 0 aliphatic carbocycles. The maximum Gasteiger partial charge on any atom is 0.354 e. The van der Waals surface area contributed by atoms with Gasteiger partial charge in [-0.1, -0.05) is 12.1 Å². The molecule has 2 heterocycles. The third kappa shape index (κ3) is 2.28. The minimum absolute atomic E-state index is 0.0244. The van der Waals surface area contributed by atoms with Crippen molar-refractivity contribution in [2.45, 2.75) is 6.54 Å². The number of aromatic nitrogens is 1. The fourth-order valence-electron chi connectivity index (χ4n) is 2.34. The number of ether oxygens (including phenoxy) is 1.